The number of hydrogen-bond donors (Lipinski definition) is 0. The summed E-state index contributed by atoms with van der Waals surface area (Å²) in [6.07, 6.45) is 0. The number of hydrogen-bond acceptors (Lipinski definition) is 0. The third-order valence-electron chi connectivity index (χ3n) is 0. The van der Waals surface area contributed by atoms with Crippen molar-refractivity contribution < 1.29 is 0 Å². The molecule has 1 atom stereocenters. The van der Waals surface area contributed by atoms with Crippen molar-refractivity contribution in [2.24, 2.45) is 0 Å². The molecular weight excluding hydrogens is 253 g/mol. The normalized spacial score (nSPS) is 0. The van der Waals surface area contributed by atoms with Crippen molar-refractivity contribution in [3.8, 4) is 0 Å². The molecule has 0 aliphatic heterocycles. The summed E-state index contributed by atoms with van der Waals surface area (Å²) < 4.78 is 0. The van der Waals surface area contributed by atoms with Crippen LogP contribution in [0.3, 0.4) is 0 Å². The van der Waals surface area contributed by atoms with E-state index in [1.54, 1.807) is 0 Å². The SMILES string of the molecule is Br.Cl.Cl.Cl.Cl.P. The minimum absolute atomic E-state index is 0. The van der Waals surface area contributed by atoms with E-state index in [9.17, 15) is 0 Å². The predicted molar refractivity (Wildman–Crippen MR) is 50.4 cm³/mol. The number of halogens is 5. The summed E-state index contributed by atoms with van der Waals surface area (Å²) >= 11 is 0. The lowest BCUT2D eigenvalue weighted by molar-refractivity contribution is 5.85. The van der Waals surface area contributed by atoms with Crippen molar-refractivity contribution in [2.75, 3.05) is 0 Å². The lowest BCUT2D eigenvalue weighted by atomic mass is 31.0. The molecule has 1 unspecified atom stereocenters. The molecule has 0 N–H and O–H groups in total. The summed E-state index contributed by atoms with van der Waals surface area (Å²) in [4.78, 5) is 0. The van der Waals surface area contributed by atoms with E-state index < -0.39 is 0 Å². The Bertz CT molecular complexity index is 7.51. The molecule has 0 saturated carbocycles. The van der Waals surface area contributed by atoms with Crippen LogP contribution in [0.4, 0.5) is 0 Å². The Labute approximate surface area is 76.2 Å². The van der Waals surface area contributed by atoms with E-state index in [2.05, 4.69) is 0 Å². The highest BCUT2D eigenvalue weighted by Crippen LogP contribution is 0.861. The van der Waals surface area contributed by atoms with Gasteiger partial charge in [-0.15, -0.1) is 66.6 Å². The lowest BCUT2D eigenvalue weighted by Crippen LogP contribution is 0.689. The van der Waals surface area contributed by atoms with Crippen LogP contribution >= 0.6 is 76.5 Å². The van der Waals surface area contributed by atoms with E-state index in [0.29, 0.717) is 0 Å². The Morgan fingerprint density at radius 3 is 0.500 bits per heavy atom. The van der Waals surface area contributed by atoms with Gasteiger partial charge in [-0.2, -0.15) is 9.90 Å². The van der Waals surface area contributed by atoms with Crippen molar-refractivity contribution in [1.82, 2.24) is 0 Å². The van der Waals surface area contributed by atoms with Crippen LogP contribution in [-0.4, -0.2) is 0 Å². The molecule has 0 rings (SSSR count). The highest BCUT2D eigenvalue weighted by atomic mass is 79.9. The van der Waals surface area contributed by atoms with Crippen LogP contribution in [0.1, 0.15) is 0 Å². The molecule has 0 spiro atoms. The molecule has 6 heteroatoms. The Balaban J connectivity index is 0. The van der Waals surface area contributed by atoms with Crippen molar-refractivity contribution in [3.05, 3.63) is 0 Å². The quantitative estimate of drug-likeness (QED) is 0.587. The van der Waals surface area contributed by atoms with Gasteiger partial charge in [-0.1, -0.05) is 0 Å². The molecule has 0 bridgehead atoms. The molecular formula is H8BrCl4P. The van der Waals surface area contributed by atoms with Gasteiger partial charge in [-0.25, -0.2) is 0 Å². The molecule has 0 aliphatic carbocycles. The molecule has 0 aromatic carbocycles. The fourth-order valence-electron chi connectivity index (χ4n) is 0. The highest BCUT2D eigenvalue weighted by Gasteiger charge is -0.113. The molecule has 0 amide bonds. The second-order valence-electron chi connectivity index (χ2n) is 0. The van der Waals surface area contributed by atoms with Crippen LogP contribution in [0.2, 0.25) is 0 Å². The Morgan fingerprint density at radius 1 is 0.500 bits per heavy atom. The number of rotatable bonds is 0. The van der Waals surface area contributed by atoms with Crippen LogP contribution in [0.5, 0.6) is 0 Å². The summed E-state index contributed by atoms with van der Waals surface area (Å²) in [6, 6.07) is 0. The van der Waals surface area contributed by atoms with Crippen LogP contribution < -0.4 is 0 Å². The minimum atomic E-state index is 0. The predicted octanol–water partition coefficient (Wildman–Crippen LogP) is 2.32. The summed E-state index contributed by atoms with van der Waals surface area (Å²) in [5, 5.41) is 0. The zero-order valence-corrected chi connectivity index (χ0v) is 9.14. The first-order chi connectivity index (χ1) is 0. The van der Waals surface area contributed by atoms with Gasteiger partial charge in [-0.3, -0.25) is 0 Å². The lowest BCUT2D eigenvalue weighted by Gasteiger charge is -0.154. The molecule has 0 aliphatic rings. The minimum Gasteiger partial charge on any atom is -0.153 e. The molecule has 0 aromatic rings. The molecule has 48 valence electrons. The van der Waals surface area contributed by atoms with Gasteiger partial charge in [0.25, 0.3) is 0 Å². The van der Waals surface area contributed by atoms with Gasteiger partial charge in [-0.05, 0) is 0 Å². The Kier molecular flexibility index (Phi) is 954. The Hall–Kier alpha value is 2.07. The van der Waals surface area contributed by atoms with Crippen LogP contribution in [-0.2, 0) is 0 Å². The first-order valence-corrected chi connectivity index (χ1v) is 0. The molecule has 6 heavy (non-hydrogen) atoms. The van der Waals surface area contributed by atoms with E-state index in [4.69, 9.17) is 0 Å². The van der Waals surface area contributed by atoms with Crippen LogP contribution in [0.15, 0.2) is 0 Å². The van der Waals surface area contributed by atoms with Crippen LogP contribution in [0, 0.1) is 0 Å². The fraction of sp³-hybridized carbons (Fsp3) is 0. The standard InChI is InChI=1S/BrH.4ClH.H3P/h5*1H;1H3. The second kappa shape index (κ2) is 60.8. The molecule has 0 fully saturated rings. The van der Waals surface area contributed by atoms with E-state index in [1.165, 1.54) is 0 Å². The van der Waals surface area contributed by atoms with E-state index >= 15 is 0 Å². The monoisotopic (exact) mass is 258 g/mol. The van der Waals surface area contributed by atoms with Crippen molar-refractivity contribution in [1.29, 1.82) is 0 Å². The third kappa shape index (κ3) is 36.4. The molecule has 0 heterocycles. The van der Waals surface area contributed by atoms with Crippen LogP contribution in [0.25, 0.3) is 0 Å². The maximum atomic E-state index is 0. The van der Waals surface area contributed by atoms with Crippen molar-refractivity contribution in [2.45, 2.75) is 0 Å². The maximum Gasteiger partial charge on any atom is -0.114 e. The maximum absolute atomic E-state index is 0. The van der Waals surface area contributed by atoms with Gasteiger partial charge in [0, 0.05) is 0 Å². The fourth-order valence-corrected chi connectivity index (χ4v) is 0. The Morgan fingerprint density at radius 2 is 0.500 bits per heavy atom. The van der Waals surface area contributed by atoms with E-state index in [0.717, 1.165) is 0 Å². The van der Waals surface area contributed by atoms with Gasteiger partial charge in [0.2, 0.25) is 0 Å². The molecule has 0 nitrogen and oxygen atoms in total. The zero-order valence-electron chi connectivity index (χ0n) is 2.75. The smallest absolute Gasteiger partial charge is 0.114 e. The van der Waals surface area contributed by atoms with E-state index in [1.807, 2.05) is 0 Å². The average molecular weight is 261 g/mol. The summed E-state index contributed by atoms with van der Waals surface area (Å²) in [5.74, 6) is 0. The second-order valence-corrected chi connectivity index (χ2v) is 0. The first-order valence-electron chi connectivity index (χ1n) is 0. The summed E-state index contributed by atoms with van der Waals surface area (Å²) in [6.45, 7) is 0. The average Bonchev–Trinajstić information content (AvgIpc) is 0. The van der Waals surface area contributed by atoms with Gasteiger partial charge in [0.1, 0.15) is 0 Å². The first kappa shape index (κ1) is 94.1. The molecule has 0 radical (unpaired) electrons. The zero-order chi connectivity index (χ0) is 0. The van der Waals surface area contributed by atoms with Gasteiger partial charge >= 0.3 is 0 Å². The third-order valence-corrected chi connectivity index (χ3v) is 0. The van der Waals surface area contributed by atoms with Crippen molar-refractivity contribution in [3.63, 3.8) is 0 Å². The summed E-state index contributed by atoms with van der Waals surface area (Å²) in [5.41, 5.74) is 0. The van der Waals surface area contributed by atoms with Gasteiger partial charge < -0.3 is 0 Å². The van der Waals surface area contributed by atoms with Gasteiger partial charge in [0.05, 0.1) is 0 Å². The summed E-state index contributed by atoms with van der Waals surface area (Å²) in [7, 11) is 0. The van der Waals surface area contributed by atoms with Gasteiger partial charge in [0.15, 0.2) is 0 Å². The highest BCUT2D eigenvalue weighted by molar-refractivity contribution is 8.93. The van der Waals surface area contributed by atoms with Crippen molar-refractivity contribution >= 4 is 76.5 Å². The topological polar surface area (TPSA) is 0 Å². The van der Waals surface area contributed by atoms with E-state index in [-0.39, 0.29) is 76.5 Å². The molecule has 0 aromatic heterocycles. The largest absolute Gasteiger partial charge is 0.153 e. The molecule has 0 saturated heterocycles.